The van der Waals surface area contributed by atoms with Crippen LogP contribution in [0.4, 0.5) is 0 Å². The van der Waals surface area contributed by atoms with Crippen molar-refractivity contribution < 1.29 is 28.0 Å². The summed E-state index contributed by atoms with van der Waals surface area (Å²) in [6.07, 6.45) is 8.49. The quantitative estimate of drug-likeness (QED) is 0.487. The number of aliphatic carboxylic acids is 1. The molecule has 0 fully saturated rings. The topological polar surface area (TPSA) is 112 Å². The summed E-state index contributed by atoms with van der Waals surface area (Å²) in [7, 11) is -4.95. The van der Waals surface area contributed by atoms with Gasteiger partial charge in [-0.3, -0.25) is 4.55 Å². The zero-order chi connectivity index (χ0) is 14.8. The monoisotopic (exact) mass is 284 g/mol. The van der Waals surface area contributed by atoms with E-state index in [4.69, 9.17) is 14.8 Å². The molecule has 0 radical (unpaired) electrons. The number of carbonyl (C=O) groups is 1. The lowest BCUT2D eigenvalue weighted by Gasteiger charge is -2.12. The summed E-state index contributed by atoms with van der Waals surface area (Å²) >= 11 is 0. The maximum Gasteiger partial charge on any atom is 0.354 e. The van der Waals surface area contributed by atoms with E-state index in [1.165, 1.54) is 38.5 Å². The third-order valence-corrected chi connectivity index (χ3v) is 3.54. The van der Waals surface area contributed by atoms with Crippen molar-refractivity contribution in [3.8, 4) is 0 Å². The van der Waals surface area contributed by atoms with E-state index < -0.39 is 21.0 Å². The molecule has 0 aliphatic rings. The van der Waals surface area contributed by atoms with Gasteiger partial charge in [0.2, 0.25) is 0 Å². The van der Waals surface area contributed by atoms with Gasteiger partial charge >= 0.3 is 16.1 Å². The Kier molecular flexibility index (Phi) is 10.2. The van der Waals surface area contributed by atoms with Crippen LogP contribution < -0.4 is 0 Å². The Hall–Kier alpha value is -0.660. The highest BCUT2D eigenvalue weighted by Crippen LogP contribution is 2.10. The summed E-state index contributed by atoms with van der Waals surface area (Å²) in [4.78, 5) is 6.76. The zero-order valence-corrected chi connectivity index (χ0v) is 12.0. The lowest BCUT2D eigenvalue weighted by atomic mass is 10.1. The standard InChI is InChI=1S/C8H18.C3H6O6S/c1-3-5-7-8-6-4-2;1-3(6,2(4)5)10(7,8)9/h3-8H2,1-2H3;6H,1H3,(H,4,5)(H,7,8,9). The number of carboxylic acids is 1. The first kappa shape index (κ1) is 19.7. The Bertz CT molecular complexity index is 314. The highest BCUT2D eigenvalue weighted by atomic mass is 32.2. The molecule has 0 aromatic rings. The van der Waals surface area contributed by atoms with Crippen LogP contribution in [0.3, 0.4) is 0 Å². The molecule has 1 atom stereocenters. The Morgan fingerprint density at radius 3 is 1.50 bits per heavy atom. The number of carboxylic acid groups (broad SMARTS) is 1. The van der Waals surface area contributed by atoms with E-state index in [-0.39, 0.29) is 0 Å². The van der Waals surface area contributed by atoms with Crippen LogP contribution >= 0.6 is 0 Å². The van der Waals surface area contributed by atoms with Gasteiger partial charge in [0, 0.05) is 0 Å². The fourth-order valence-corrected chi connectivity index (χ4v) is 1.18. The summed E-state index contributed by atoms with van der Waals surface area (Å²) in [5.74, 6) is -2.02. The van der Waals surface area contributed by atoms with Gasteiger partial charge in [-0.15, -0.1) is 0 Å². The normalized spacial score (nSPS) is 14.3. The van der Waals surface area contributed by atoms with Gasteiger partial charge in [-0.1, -0.05) is 52.4 Å². The first-order valence-corrected chi connectivity index (χ1v) is 7.48. The predicted molar refractivity (Wildman–Crippen MR) is 68.9 cm³/mol. The van der Waals surface area contributed by atoms with Crippen molar-refractivity contribution in [1.29, 1.82) is 0 Å². The molecule has 7 heteroatoms. The molecule has 0 rings (SSSR count). The molecule has 6 nitrogen and oxygen atoms in total. The van der Waals surface area contributed by atoms with E-state index in [2.05, 4.69) is 13.8 Å². The Morgan fingerprint density at radius 1 is 1.06 bits per heavy atom. The van der Waals surface area contributed by atoms with Crippen LogP contribution in [0.1, 0.15) is 59.3 Å². The summed E-state index contributed by atoms with van der Waals surface area (Å²) in [5, 5.41) is 16.5. The molecular weight excluding hydrogens is 260 g/mol. The number of hydrogen-bond donors (Lipinski definition) is 3. The van der Waals surface area contributed by atoms with Gasteiger partial charge in [0.15, 0.2) is 0 Å². The summed E-state index contributed by atoms with van der Waals surface area (Å²) in [6.45, 7) is 4.97. The summed E-state index contributed by atoms with van der Waals surface area (Å²) < 4.78 is 28.1. The minimum Gasteiger partial charge on any atom is -0.478 e. The summed E-state index contributed by atoms with van der Waals surface area (Å²) in [5.41, 5.74) is 0. The van der Waals surface area contributed by atoms with Crippen LogP contribution in [0.15, 0.2) is 0 Å². The third kappa shape index (κ3) is 8.43. The van der Waals surface area contributed by atoms with Crippen LogP contribution in [0, 0.1) is 0 Å². The van der Waals surface area contributed by atoms with Crippen LogP contribution in [-0.4, -0.2) is 34.1 Å². The van der Waals surface area contributed by atoms with E-state index in [1.54, 1.807) is 0 Å². The molecule has 0 saturated heterocycles. The van der Waals surface area contributed by atoms with Crippen LogP contribution in [0.5, 0.6) is 0 Å². The Balaban J connectivity index is 0. The van der Waals surface area contributed by atoms with Crippen molar-refractivity contribution in [2.75, 3.05) is 0 Å². The minimum atomic E-state index is -4.95. The van der Waals surface area contributed by atoms with Crippen LogP contribution in [0.2, 0.25) is 0 Å². The van der Waals surface area contributed by atoms with E-state index in [0.29, 0.717) is 6.92 Å². The average Bonchev–Trinajstić information content (AvgIpc) is 2.23. The first-order chi connectivity index (χ1) is 8.11. The van der Waals surface area contributed by atoms with Gasteiger partial charge in [-0.2, -0.15) is 8.42 Å². The van der Waals surface area contributed by atoms with Crippen molar-refractivity contribution in [2.24, 2.45) is 0 Å². The van der Waals surface area contributed by atoms with Crippen LogP contribution in [0.25, 0.3) is 0 Å². The molecule has 0 saturated carbocycles. The fourth-order valence-electron chi connectivity index (χ4n) is 0.964. The lowest BCUT2D eigenvalue weighted by molar-refractivity contribution is -0.149. The van der Waals surface area contributed by atoms with E-state index >= 15 is 0 Å². The number of aliphatic hydroxyl groups is 1. The first-order valence-electron chi connectivity index (χ1n) is 6.04. The number of unbranched alkanes of at least 4 members (excludes halogenated alkanes) is 5. The molecule has 0 amide bonds. The molecule has 0 aliphatic carbocycles. The van der Waals surface area contributed by atoms with Crippen LogP contribution in [-0.2, 0) is 14.9 Å². The highest BCUT2D eigenvalue weighted by molar-refractivity contribution is 7.87. The van der Waals surface area contributed by atoms with Crippen molar-refractivity contribution >= 4 is 16.1 Å². The van der Waals surface area contributed by atoms with Gasteiger partial charge in [0.05, 0.1) is 0 Å². The second-order valence-electron chi connectivity index (χ2n) is 4.18. The molecule has 0 heterocycles. The maximum absolute atomic E-state index is 10.0. The van der Waals surface area contributed by atoms with E-state index in [0.717, 1.165) is 0 Å². The van der Waals surface area contributed by atoms with Crippen molar-refractivity contribution in [3.63, 3.8) is 0 Å². The van der Waals surface area contributed by atoms with Gasteiger partial charge in [0.25, 0.3) is 4.93 Å². The maximum atomic E-state index is 10.0. The zero-order valence-electron chi connectivity index (χ0n) is 11.2. The molecule has 110 valence electrons. The van der Waals surface area contributed by atoms with Gasteiger partial charge in [-0.25, -0.2) is 4.79 Å². The highest BCUT2D eigenvalue weighted by Gasteiger charge is 2.43. The minimum absolute atomic E-state index is 0.463. The molecular formula is C11H24O6S. The fraction of sp³-hybridized carbons (Fsp3) is 0.909. The van der Waals surface area contributed by atoms with Gasteiger partial charge in [-0.05, 0) is 6.92 Å². The summed E-state index contributed by atoms with van der Waals surface area (Å²) in [6, 6.07) is 0. The molecule has 0 bridgehead atoms. The Morgan fingerprint density at radius 2 is 1.39 bits per heavy atom. The molecule has 1 unspecified atom stereocenters. The number of hydrogen-bond acceptors (Lipinski definition) is 4. The number of rotatable bonds is 7. The molecule has 0 spiro atoms. The van der Waals surface area contributed by atoms with Gasteiger partial charge < -0.3 is 10.2 Å². The van der Waals surface area contributed by atoms with E-state index in [9.17, 15) is 13.2 Å². The van der Waals surface area contributed by atoms with Crippen molar-refractivity contribution in [3.05, 3.63) is 0 Å². The molecule has 0 aromatic carbocycles. The third-order valence-electron chi connectivity index (χ3n) is 2.36. The average molecular weight is 284 g/mol. The second-order valence-corrected chi connectivity index (χ2v) is 5.92. The molecule has 3 N–H and O–H groups in total. The molecule has 0 aliphatic heterocycles. The Labute approximate surface area is 109 Å². The lowest BCUT2D eigenvalue weighted by Crippen LogP contribution is -2.42. The van der Waals surface area contributed by atoms with Crippen molar-refractivity contribution in [2.45, 2.75) is 64.2 Å². The predicted octanol–water partition coefficient (Wildman–Crippen LogP) is 2.03. The molecule has 18 heavy (non-hydrogen) atoms. The van der Waals surface area contributed by atoms with Crippen molar-refractivity contribution in [1.82, 2.24) is 0 Å². The largest absolute Gasteiger partial charge is 0.478 e. The molecule has 0 aromatic heterocycles. The van der Waals surface area contributed by atoms with Gasteiger partial charge in [0.1, 0.15) is 0 Å². The smallest absolute Gasteiger partial charge is 0.354 e. The van der Waals surface area contributed by atoms with E-state index in [1.807, 2.05) is 0 Å². The second kappa shape index (κ2) is 9.29. The SMILES string of the molecule is CC(O)(C(=O)O)S(=O)(=O)O.CCCCCCCC.